The Morgan fingerprint density at radius 1 is 1.10 bits per heavy atom. The normalized spacial score (nSPS) is 10.3. The number of halogens is 2. The Morgan fingerprint density at radius 3 is 2.40 bits per heavy atom. The topological polar surface area (TPSA) is 55.1 Å². The third-order valence-corrected chi connectivity index (χ3v) is 4.14. The quantitative estimate of drug-likeness (QED) is 0.752. The molecular weight excluding hydrogens is 384 g/mol. The van der Waals surface area contributed by atoms with Gasteiger partial charge in [0.15, 0.2) is 0 Å². The second-order valence-electron chi connectivity index (χ2n) is 4.39. The Hall–Kier alpha value is -1.33. The zero-order chi connectivity index (χ0) is 14.5. The van der Waals surface area contributed by atoms with Gasteiger partial charge in [-0.1, -0.05) is 18.2 Å². The summed E-state index contributed by atoms with van der Waals surface area (Å²) >= 11 is 6.84. The Bertz CT molecular complexity index is 609. The van der Waals surface area contributed by atoms with Crippen molar-refractivity contribution in [3.8, 4) is 0 Å². The second-order valence-corrected chi connectivity index (χ2v) is 6.10. The molecule has 0 bridgehead atoms. The van der Waals surface area contributed by atoms with Crippen LogP contribution in [-0.4, -0.2) is 5.91 Å². The minimum atomic E-state index is -0.0278. The SMILES string of the molecule is Nc1cccc(CCC(=O)Nc2c(Br)cccc2Br)c1. The van der Waals surface area contributed by atoms with E-state index < -0.39 is 0 Å². The van der Waals surface area contributed by atoms with E-state index in [1.165, 1.54) is 0 Å². The molecule has 0 aliphatic carbocycles. The monoisotopic (exact) mass is 396 g/mol. The molecule has 0 aromatic heterocycles. The van der Waals surface area contributed by atoms with Gasteiger partial charge in [0.25, 0.3) is 0 Å². The van der Waals surface area contributed by atoms with Gasteiger partial charge in [-0.15, -0.1) is 0 Å². The molecule has 2 aromatic carbocycles. The number of rotatable bonds is 4. The first-order chi connectivity index (χ1) is 9.56. The van der Waals surface area contributed by atoms with Crippen LogP contribution < -0.4 is 11.1 Å². The van der Waals surface area contributed by atoms with Crippen LogP contribution in [0.15, 0.2) is 51.4 Å². The van der Waals surface area contributed by atoms with Crippen LogP contribution in [0.25, 0.3) is 0 Å². The molecule has 20 heavy (non-hydrogen) atoms. The van der Waals surface area contributed by atoms with E-state index in [0.29, 0.717) is 12.8 Å². The molecule has 0 unspecified atom stereocenters. The van der Waals surface area contributed by atoms with E-state index in [2.05, 4.69) is 37.2 Å². The predicted molar refractivity (Wildman–Crippen MR) is 89.6 cm³/mol. The largest absolute Gasteiger partial charge is 0.399 e. The minimum absolute atomic E-state index is 0.0278. The van der Waals surface area contributed by atoms with E-state index in [-0.39, 0.29) is 5.91 Å². The minimum Gasteiger partial charge on any atom is -0.399 e. The summed E-state index contributed by atoms with van der Waals surface area (Å²) in [5.41, 5.74) is 8.25. The summed E-state index contributed by atoms with van der Waals surface area (Å²) in [6.45, 7) is 0. The highest BCUT2D eigenvalue weighted by Gasteiger charge is 2.09. The zero-order valence-corrected chi connectivity index (χ0v) is 13.9. The van der Waals surface area contributed by atoms with Crippen molar-refractivity contribution >= 4 is 49.1 Å². The lowest BCUT2D eigenvalue weighted by atomic mass is 10.1. The van der Waals surface area contributed by atoms with Gasteiger partial charge in [0.1, 0.15) is 0 Å². The van der Waals surface area contributed by atoms with Crippen molar-refractivity contribution in [2.45, 2.75) is 12.8 Å². The molecule has 2 rings (SSSR count). The average Bonchev–Trinajstić information content (AvgIpc) is 2.41. The highest BCUT2D eigenvalue weighted by molar-refractivity contribution is 9.11. The van der Waals surface area contributed by atoms with Crippen LogP contribution >= 0.6 is 31.9 Å². The summed E-state index contributed by atoms with van der Waals surface area (Å²) in [6.07, 6.45) is 1.08. The Balaban J connectivity index is 1.96. The van der Waals surface area contributed by atoms with Gasteiger partial charge in [0, 0.05) is 21.1 Å². The number of nitrogen functional groups attached to an aromatic ring is 1. The standard InChI is InChI=1S/C15H14Br2N2O/c16-12-5-2-6-13(17)15(12)19-14(20)8-7-10-3-1-4-11(18)9-10/h1-6,9H,7-8,18H2,(H,19,20). The fourth-order valence-electron chi connectivity index (χ4n) is 1.83. The molecule has 3 nitrogen and oxygen atoms in total. The molecule has 104 valence electrons. The molecule has 2 aromatic rings. The highest BCUT2D eigenvalue weighted by atomic mass is 79.9. The van der Waals surface area contributed by atoms with Gasteiger partial charge < -0.3 is 11.1 Å². The maximum Gasteiger partial charge on any atom is 0.224 e. The first-order valence-electron chi connectivity index (χ1n) is 6.14. The van der Waals surface area contributed by atoms with Crippen LogP contribution in [0.4, 0.5) is 11.4 Å². The summed E-state index contributed by atoms with van der Waals surface area (Å²) in [6, 6.07) is 13.3. The van der Waals surface area contributed by atoms with Gasteiger partial charge in [-0.25, -0.2) is 0 Å². The van der Waals surface area contributed by atoms with Gasteiger partial charge in [0.2, 0.25) is 5.91 Å². The molecule has 0 aliphatic rings. The summed E-state index contributed by atoms with van der Waals surface area (Å²) in [5, 5.41) is 2.90. The number of hydrogen-bond donors (Lipinski definition) is 2. The molecule has 0 fully saturated rings. The van der Waals surface area contributed by atoms with Crippen LogP contribution in [0, 0.1) is 0 Å². The number of aryl methyl sites for hydroxylation is 1. The van der Waals surface area contributed by atoms with E-state index >= 15 is 0 Å². The number of para-hydroxylation sites is 1. The lowest BCUT2D eigenvalue weighted by Gasteiger charge is -2.09. The summed E-state index contributed by atoms with van der Waals surface area (Å²) in [7, 11) is 0. The Kier molecular flexibility index (Phi) is 5.20. The number of anilines is 2. The van der Waals surface area contributed by atoms with Crippen molar-refractivity contribution in [3.63, 3.8) is 0 Å². The number of amides is 1. The first kappa shape index (κ1) is 15.1. The van der Waals surface area contributed by atoms with Gasteiger partial charge in [-0.2, -0.15) is 0 Å². The van der Waals surface area contributed by atoms with Gasteiger partial charge >= 0.3 is 0 Å². The number of nitrogens with one attached hydrogen (secondary N) is 1. The summed E-state index contributed by atoms with van der Waals surface area (Å²) < 4.78 is 1.70. The van der Waals surface area contributed by atoms with E-state index in [4.69, 9.17) is 5.73 Å². The van der Waals surface area contributed by atoms with Crippen LogP contribution in [0.3, 0.4) is 0 Å². The lowest BCUT2D eigenvalue weighted by Crippen LogP contribution is -2.13. The molecule has 0 atom stereocenters. The third kappa shape index (κ3) is 4.08. The molecular formula is C15H14Br2N2O. The molecule has 0 aliphatic heterocycles. The van der Waals surface area contributed by atoms with Gasteiger partial charge in [0.05, 0.1) is 5.69 Å². The molecule has 0 spiro atoms. The van der Waals surface area contributed by atoms with Crippen molar-refractivity contribution in [3.05, 3.63) is 57.0 Å². The number of benzene rings is 2. The molecule has 1 amide bonds. The summed E-state index contributed by atoms with van der Waals surface area (Å²) in [4.78, 5) is 12.0. The number of carbonyl (C=O) groups excluding carboxylic acids is 1. The molecule has 0 radical (unpaired) electrons. The zero-order valence-electron chi connectivity index (χ0n) is 10.7. The lowest BCUT2D eigenvalue weighted by molar-refractivity contribution is -0.116. The summed E-state index contributed by atoms with van der Waals surface area (Å²) in [5.74, 6) is -0.0278. The van der Waals surface area contributed by atoms with Crippen molar-refractivity contribution in [1.29, 1.82) is 0 Å². The average molecular weight is 398 g/mol. The van der Waals surface area contributed by atoms with E-state index in [1.54, 1.807) is 0 Å². The molecule has 3 N–H and O–H groups in total. The van der Waals surface area contributed by atoms with E-state index in [9.17, 15) is 4.79 Å². The van der Waals surface area contributed by atoms with Gasteiger partial charge in [-0.05, 0) is 68.1 Å². The molecule has 0 saturated carbocycles. The third-order valence-electron chi connectivity index (χ3n) is 2.82. The van der Waals surface area contributed by atoms with Crippen LogP contribution in [-0.2, 0) is 11.2 Å². The van der Waals surface area contributed by atoms with Crippen molar-refractivity contribution in [2.24, 2.45) is 0 Å². The second kappa shape index (κ2) is 6.90. The molecule has 0 saturated heterocycles. The predicted octanol–water partition coefficient (Wildman–Crippen LogP) is 4.37. The van der Waals surface area contributed by atoms with Crippen LogP contribution in [0.2, 0.25) is 0 Å². The molecule has 0 heterocycles. The maximum absolute atomic E-state index is 12.0. The van der Waals surface area contributed by atoms with Crippen molar-refractivity contribution < 1.29 is 4.79 Å². The smallest absolute Gasteiger partial charge is 0.224 e. The van der Waals surface area contributed by atoms with E-state index in [1.807, 2.05) is 42.5 Å². The van der Waals surface area contributed by atoms with Crippen LogP contribution in [0.5, 0.6) is 0 Å². The van der Waals surface area contributed by atoms with Crippen LogP contribution in [0.1, 0.15) is 12.0 Å². The fraction of sp³-hybridized carbons (Fsp3) is 0.133. The van der Waals surface area contributed by atoms with Crippen molar-refractivity contribution in [2.75, 3.05) is 11.1 Å². The van der Waals surface area contributed by atoms with Gasteiger partial charge in [-0.3, -0.25) is 4.79 Å². The number of nitrogens with two attached hydrogens (primary N) is 1. The number of hydrogen-bond acceptors (Lipinski definition) is 2. The maximum atomic E-state index is 12.0. The van der Waals surface area contributed by atoms with E-state index in [0.717, 1.165) is 25.9 Å². The Labute approximate surface area is 134 Å². The fourth-order valence-corrected chi connectivity index (χ4v) is 3.02. The first-order valence-corrected chi connectivity index (χ1v) is 7.73. The molecule has 5 heteroatoms. The number of carbonyl (C=O) groups is 1. The highest BCUT2D eigenvalue weighted by Crippen LogP contribution is 2.30. The van der Waals surface area contributed by atoms with Crippen molar-refractivity contribution in [1.82, 2.24) is 0 Å². The Morgan fingerprint density at radius 2 is 1.75 bits per heavy atom.